The van der Waals surface area contributed by atoms with Gasteiger partial charge in [0.15, 0.2) is 0 Å². The second-order valence-electron chi connectivity index (χ2n) is 7.21. The highest BCUT2D eigenvalue weighted by molar-refractivity contribution is 5.47. The van der Waals surface area contributed by atoms with Crippen molar-refractivity contribution in [1.29, 1.82) is 0 Å². The van der Waals surface area contributed by atoms with E-state index >= 15 is 0 Å². The second-order valence-corrected chi connectivity index (χ2v) is 7.21. The van der Waals surface area contributed by atoms with E-state index in [1.54, 1.807) is 0 Å². The van der Waals surface area contributed by atoms with E-state index in [9.17, 15) is 0 Å². The molecule has 4 rings (SSSR count). The lowest BCUT2D eigenvalue weighted by molar-refractivity contribution is 0.0922. The first kappa shape index (κ1) is 15.7. The molecule has 3 nitrogen and oxygen atoms in total. The standard InChI is InChI=1S/C21H26N2O/c1-15-12-18-9-11-24-21(18)19(13-15)14-17-8-5-10-23(22)20(17)16-6-3-2-4-7-16/h2-4,6-7,12-13,17,20H,5,8-11,14,22H2,1H3/t17-,20+/m0/s1. The van der Waals surface area contributed by atoms with E-state index in [4.69, 9.17) is 10.6 Å². The summed E-state index contributed by atoms with van der Waals surface area (Å²) in [5, 5.41) is 2.04. The average molecular weight is 322 g/mol. The summed E-state index contributed by atoms with van der Waals surface area (Å²) in [6, 6.07) is 15.6. The summed E-state index contributed by atoms with van der Waals surface area (Å²) in [6.07, 6.45) is 4.46. The molecule has 0 aliphatic carbocycles. The topological polar surface area (TPSA) is 38.5 Å². The summed E-state index contributed by atoms with van der Waals surface area (Å²) in [4.78, 5) is 0. The third-order valence-electron chi connectivity index (χ3n) is 5.42. The zero-order chi connectivity index (χ0) is 16.5. The number of hydrogen-bond donors (Lipinski definition) is 1. The van der Waals surface area contributed by atoms with Crippen molar-refractivity contribution in [2.24, 2.45) is 11.8 Å². The molecule has 2 atom stereocenters. The third-order valence-corrected chi connectivity index (χ3v) is 5.42. The van der Waals surface area contributed by atoms with Crippen molar-refractivity contribution < 1.29 is 4.74 Å². The van der Waals surface area contributed by atoms with Crippen molar-refractivity contribution in [1.82, 2.24) is 5.01 Å². The van der Waals surface area contributed by atoms with Gasteiger partial charge < -0.3 is 4.74 Å². The monoisotopic (exact) mass is 322 g/mol. The Morgan fingerprint density at radius 3 is 2.88 bits per heavy atom. The van der Waals surface area contributed by atoms with Crippen LogP contribution in [-0.4, -0.2) is 18.2 Å². The molecule has 2 N–H and O–H groups in total. The number of benzene rings is 2. The van der Waals surface area contributed by atoms with Gasteiger partial charge in [-0.05, 0) is 48.8 Å². The molecular weight excluding hydrogens is 296 g/mol. The number of nitrogens with two attached hydrogens (primary N) is 1. The van der Waals surface area contributed by atoms with Crippen LogP contribution in [0.5, 0.6) is 5.75 Å². The molecule has 126 valence electrons. The molecular formula is C21H26N2O. The van der Waals surface area contributed by atoms with Gasteiger partial charge in [0.2, 0.25) is 0 Å². The van der Waals surface area contributed by atoms with Crippen LogP contribution in [0, 0.1) is 12.8 Å². The van der Waals surface area contributed by atoms with Gasteiger partial charge in [-0.15, -0.1) is 0 Å². The lowest BCUT2D eigenvalue weighted by Crippen LogP contribution is -2.44. The molecule has 0 radical (unpaired) electrons. The van der Waals surface area contributed by atoms with Crippen LogP contribution in [0.3, 0.4) is 0 Å². The first-order chi connectivity index (χ1) is 11.7. The predicted octanol–water partition coefficient (Wildman–Crippen LogP) is 3.80. The van der Waals surface area contributed by atoms with Crippen LogP contribution in [0.1, 0.15) is 41.1 Å². The Morgan fingerprint density at radius 2 is 2.04 bits per heavy atom. The lowest BCUT2D eigenvalue weighted by atomic mass is 9.81. The molecule has 2 aromatic rings. The Balaban J connectivity index is 1.65. The fraction of sp³-hybridized carbons (Fsp3) is 0.429. The molecule has 24 heavy (non-hydrogen) atoms. The minimum atomic E-state index is 0.289. The molecule has 0 aromatic heterocycles. The fourth-order valence-corrected chi connectivity index (χ4v) is 4.43. The Bertz CT molecular complexity index is 713. The summed E-state index contributed by atoms with van der Waals surface area (Å²) in [7, 11) is 0. The quantitative estimate of drug-likeness (QED) is 0.874. The van der Waals surface area contributed by atoms with Crippen molar-refractivity contribution >= 4 is 0 Å². The smallest absolute Gasteiger partial charge is 0.125 e. The van der Waals surface area contributed by atoms with Crippen LogP contribution in [0.15, 0.2) is 42.5 Å². The lowest BCUT2D eigenvalue weighted by Gasteiger charge is -2.39. The highest BCUT2D eigenvalue weighted by atomic mass is 16.5. The number of nitrogens with zero attached hydrogens (tertiary/aromatic N) is 1. The largest absolute Gasteiger partial charge is 0.493 e. The van der Waals surface area contributed by atoms with E-state index in [0.717, 1.165) is 31.7 Å². The summed E-state index contributed by atoms with van der Waals surface area (Å²) >= 11 is 0. The van der Waals surface area contributed by atoms with Crippen molar-refractivity contribution in [3.05, 3.63) is 64.7 Å². The Kier molecular flexibility index (Phi) is 4.30. The second kappa shape index (κ2) is 6.58. The van der Waals surface area contributed by atoms with Gasteiger partial charge in [-0.1, -0.05) is 48.0 Å². The van der Waals surface area contributed by atoms with Gasteiger partial charge in [-0.2, -0.15) is 0 Å². The maximum absolute atomic E-state index is 6.40. The van der Waals surface area contributed by atoms with E-state index in [0.29, 0.717) is 5.92 Å². The molecule has 1 saturated heterocycles. The highest BCUT2D eigenvalue weighted by Crippen LogP contribution is 2.39. The van der Waals surface area contributed by atoms with Crippen LogP contribution < -0.4 is 10.6 Å². The summed E-state index contributed by atoms with van der Waals surface area (Å²) in [6.45, 7) is 3.98. The molecule has 1 fully saturated rings. The van der Waals surface area contributed by atoms with Crippen LogP contribution in [-0.2, 0) is 12.8 Å². The molecule has 2 aromatic carbocycles. The Hall–Kier alpha value is -1.84. The molecule has 3 heteroatoms. The molecule has 0 spiro atoms. The normalized spacial score (nSPS) is 23.8. The van der Waals surface area contributed by atoms with E-state index in [2.05, 4.69) is 49.4 Å². The van der Waals surface area contributed by atoms with Gasteiger partial charge in [-0.25, -0.2) is 5.01 Å². The van der Waals surface area contributed by atoms with Crippen LogP contribution in [0.25, 0.3) is 0 Å². The number of ether oxygens (including phenoxy) is 1. The summed E-state index contributed by atoms with van der Waals surface area (Å²) in [5.74, 6) is 8.07. The van der Waals surface area contributed by atoms with Crippen molar-refractivity contribution in [3.63, 3.8) is 0 Å². The molecule has 2 aliphatic rings. The SMILES string of the molecule is Cc1cc2c(c(C[C@@H]3CCCN(N)[C@@H]3c3ccccc3)c1)OCC2. The van der Waals surface area contributed by atoms with E-state index in [-0.39, 0.29) is 6.04 Å². The fourth-order valence-electron chi connectivity index (χ4n) is 4.43. The van der Waals surface area contributed by atoms with Gasteiger partial charge in [0.25, 0.3) is 0 Å². The summed E-state index contributed by atoms with van der Waals surface area (Å²) in [5.41, 5.74) is 5.41. The van der Waals surface area contributed by atoms with E-state index < -0.39 is 0 Å². The van der Waals surface area contributed by atoms with E-state index in [1.165, 1.54) is 35.1 Å². The van der Waals surface area contributed by atoms with Crippen LogP contribution in [0.2, 0.25) is 0 Å². The number of aryl methyl sites for hydroxylation is 1. The third kappa shape index (κ3) is 2.94. The van der Waals surface area contributed by atoms with Crippen molar-refractivity contribution in [2.75, 3.05) is 13.2 Å². The zero-order valence-corrected chi connectivity index (χ0v) is 14.4. The number of rotatable bonds is 3. The van der Waals surface area contributed by atoms with E-state index in [1.807, 2.05) is 5.01 Å². The maximum atomic E-state index is 6.40. The van der Waals surface area contributed by atoms with Gasteiger partial charge in [0.05, 0.1) is 12.6 Å². The van der Waals surface area contributed by atoms with Gasteiger partial charge in [0, 0.05) is 13.0 Å². The zero-order valence-electron chi connectivity index (χ0n) is 14.4. The van der Waals surface area contributed by atoms with Crippen molar-refractivity contribution in [3.8, 4) is 5.75 Å². The van der Waals surface area contributed by atoms with Gasteiger partial charge in [0.1, 0.15) is 5.75 Å². The summed E-state index contributed by atoms with van der Waals surface area (Å²) < 4.78 is 5.95. The number of hydrazine groups is 1. The number of fused-ring (bicyclic) bond motifs is 1. The number of piperidine rings is 1. The molecule has 2 aliphatic heterocycles. The Labute approximate surface area is 144 Å². The highest BCUT2D eigenvalue weighted by Gasteiger charge is 2.32. The minimum Gasteiger partial charge on any atom is -0.493 e. The molecule has 0 amide bonds. The van der Waals surface area contributed by atoms with Gasteiger partial charge in [-0.3, -0.25) is 5.84 Å². The predicted molar refractivity (Wildman–Crippen MR) is 96.9 cm³/mol. The molecule has 2 heterocycles. The molecule has 0 bridgehead atoms. The maximum Gasteiger partial charge on any atom is 0.125 e. The number of hydrogen-bond acceptors (Lipinski definition) is 3. The van der Waals surface area contributed by atoms with Crippen molar-refractivity contribution in [2.45, 2.75) is 38.6 Å². The first-order valence-electron chi connectivity index (χ1n) is 9.04. The Morgan fingerprint density at radius 1 is 1.21 bits per heavy atom. The molecule has 0 saturated carbocycles. The van der Waals surface area contributed by atoms with Crippen LogP contribution >= 0.6 is 0 Å². The average Bonchev–Trinajstić information content (AvgIpc) is 3.04. The van der Waals surface area contributed by atoms with Gasteiger partial charge >= 0.3 is 0 Å². The van der Waals surface area contributed by atoms with Crippen LogP contribution in [0.4, 0.5) is 0 Å². The minimum absolute atomic E-state index is 0.289. The molecule has 0 unspecified atom stereocenters. The first-order valence-corrected chi connectivity index (χ1v) is 9.04.